The van der Waals surface area contributed by atoms with Gasteiger partial charge in [-0.1, -0.05) is 6.07 Å². The van der Waals surface area contributed by atoms with Crippen LogP contribution in [0.25, 0.3) is 0 Å². The van der Waals surface area contributed by atoms with Crippen LogP contribution in [0.4, 0.5) is 5.69 Å². The smallest absolute Gasteiger partial charge is 0.371 e. The van der Waals surface area contributed by atoms with Crippen LogP contribution < -0.4 is 4.72 Å². The molecule has 0 saturated carbocycles. The SMILES string of the molecule is Cc1ccc(Br)c(NS(=O)(=O)c2cc(C(=O)O)oc2C)c1. The molecule has 0 aliphatic rings. The summed E-state index contributed by atoms with van der Waals surface area (Å²) in [6, 6.07) is 6.20. The van der Waals surface area contributed by atoms with Crippen LogP contribution >= 0.6 is 15.9 Å². The molecule has 1 aromatic heterocycles. The van der Waals surface area contributed by atoms with Gasteiger partial charge in [0, 0.05) is 10.5 Å². The van der Waals surface area contributed by atoms with Crippen LogP contribution in [0.15, 0.2) is 38.1 Å². The van der Waals surface area contributed by atoms with Crippen LogP contribution in [0.3, 0.4) is 0 Å². The van der Waals surface area contributed by atoms with Gasteiger partial charge >= 0.3 is 5.97 Å². The number of carboxylic acids is 1. The van der Waals surface area contributed by atoms with E-state index in [4.69, 9.17) is 9.52 Å². The second-order valence-corrected chi connectivity index (χ2v) is 6.93. The van der Waals surface area contributed by atoms with Crippen LogP contribution in [0.1, 0.15) is 21.9 Å². The minimum atomic E-state index is -3.93. The van der Waals surface area contributed by atoms with E-state index in [-0.39, 0.29) is 10.7 Å². The van der Waals surface area contributed by atoms with Gasteiger partial charge in [0.2, 0.25) is 5.76 Å². The fourth-order valence-corrected chi connectivity index (χ4v) is 3.48. The fourth-order valence-electron chi connectivity index (χ4n) is 1.75. The van der Waals surface area contributed by atoms with Gasteiger partial charge in [-0.2, -0.15) is 0 Å². The predicted molar refractivity (Wildman–Crippen MR) is 80.1 cm³/mol. The largest absolute Gasteiger partial charge is 0.475 e. The lowest BCUT2D eigenvalue weighted by atomic mass is 10.2. The maximum atomic E-state index is 12.3. The Bertz CT molecular complexity index is 810. The highest BCUT2D eigenvalue weighted by molar-refractivity contribution is 9.10. The van der Waals surface area contributed by atoms with E-state index >= 15 is 0 Å². The first-order valence-corrected chi connectivity index (χ1v) is 8.11. The summed E-state index contributed by atoms with van der Waals surface area (Å²) in [6.45, 7) is 3.22. The molecular formula is C13H12BrNO5S. The molecule has 0 fully saturated rings. The van der Waals surface area contributed by atoms with Gasteiger partial charge in [-0.3, -0.25) is 4.72 Å². The van der Waals surface area contributed by atoms with Gasteiger partial charge in [0.15, 0.2) is 0 Å². The third kappa shape index (κ3) is 3.27. The van der Waals surface area contributed by atoms with E-state index in [1.54, 1.807) is 12.1 Å². The Hall–Kier alpha value is -1.80. The molecule has 8 heteroatoms. The zero-order chi connectivity index (χ0) is 15.8. The van der Waals surface area contributed by atoms with Crippen molar-refractivity contribution in [1.29, 1.82) is 0 Å². The first-order valence-electron chi connectivity index (χ1n) is 5.83. The number of aromatic carboxylic acids is 1. The summed E-state index contributed by atoms with van der Waals surface area (Å²) >= 11 is 3.26. The van der Waals surface area contributed by atoms with Gasteiger partial charge in [0.1, 0.15) is 10.7 Å². The van der Waals surface area contributed by atoms with Crippen LogP contribution in [0, 0.1) is 13.8 Å². The molecule has 21 heavy (non-hydrogen) atoms. The Kier molecular flexibility index (Phi) is 4.11. The van der Waals surface area contributed by atoms with Crippen LogP contribution in [0.5, 0.6) is 0 Å². The summed E-state index contributed by atoms with van der Waals surface area (Å²) in [4.78, 5) is 10.6. The summed E-state index contributed by atoms with van der Waals surface area (Å²) in [7, 11) is -3.93. The van der Waals surface area contributed by atoms with E-state index in [1.165, 1.54) is 6.92 Å². The van der Waals surface area contributed by atoms with E-state index in [9.17, 15) is 13.2 Å². The standard InChI is InChI=1S/C13H12BrNO5S/c1-7-3-4-9(14)10(5-7)15-21(18,19)12-6-11(13(16)17)20-8(12)2/h3-6,15H,1-2H3,(H,16,17). The number of aryl methyl sites for hydroxylation is 2. The Labute approximate surface area is 130 Å². The topological polar surface area (TPSA) is 96.6 Å². The summed E-state index contributed by atoms with van der Waals surface area (Å²) in [5.41, 5.74) is 1.25. The van der Waals surface area contributed by atoms with Gasteiger partial charge < -0.3 is 9.52 Å². The van der Waals surface area contributed by atoms with Gasteiger partial charge in [-0.05, 0) is 47.5 Å². The number of anilines is 1. The van der Waals surface area contributed by atoms with Crippen molar-refractivity contribution in [2.75, 3.05) is 4.72 Å². The molecule has 1 aromatic carbocycles. The molecule has 0 saturated heterocycles. The van der Waals surface area contributed by atoms with Crippen LogP contribution in [-0.2, 0) is 10.0 Å². The number of carbonyl (C=O) groups is 1. The number of hydrogen-bond donors (Lipinski definition) is 2. The van der Waals surface area contributed by atoms with E-state index in [1.807, 2.05) is 13.0 Å². The second-order valence-electron chi connectivity index (χ2n) is 4.43. The Balaban J connectivity index is 2.43. The van der Waals surface area contributed by atoms with Crippen molar-refractivity contribution in [1.82, 2.24) is 0 Å². The third-order valence-corrected chi connectivity index (χ3v) is 4.90. The number of benzene rings is 1. The molecule has 0 atom stereocenters. The molecule has 2 N–H and O–H groups in total. The molecule has 6 nitrogen and oxygen atoms in total. The summed E-state index contributed by atoms with van der Waals surface area (Å²) in [5.74, 6) is -1.73. The molecule has 0 aliphatic heterocycles. The highest BCUT2D eigenvalue weighted by Crippen LogP contribution is 2.28. The lowest BCUT2D eigenvalue weighted by molar-refractivity contribution is 0.0661. The van der Waals surface area contributed by atoms with Gasteiger partial charge in [-0.25, -0.2) is 13.2 Å². The fraction of sp³-hybridized carbons (Fsp3) is 0.154. The molecule has 0 spiro atoms. The molecule has 1 heterocycles. The first kappa shape index (κ1) is 15.6. The number of halogens is 1. The summed E-state index contributed by atoms with van der Waals surface area (Å²) in [6.07, 6.45) is 0. The minimum Gasteiger partial charge on any atom is -0.475 e. The van der Waals surface area contributed by atoms with Gasteiger partial charge in [-0.15, -0.1) is 0 Å². The highest BCUT2D eigenvalue weighted by atomic mass is 79.9. The van der Waals surface area contributed by atoms with Crippen molar-refractivity contribution in [2.24, 2.45) is 0 Å². The Morgan fingerprint density at radius 3 is 2.52 bits per heavy atom. The van der Waals surface area contributed by atoms with Crippen LogP contribution in [0.2, 0.25) is 0 Å². The monoisotopic (exact) mass is 373 g/mol. The molecule has 0 aliphatic carbocycles. The number of carboxylic acid groups (broad SMARTS) is 1. The first-order chi connectivity index (χ1) is 9.70. The molecule has 2 aromatic rings. The quantitative estimate of drug-likeness (QED) is 0.857. The molecule has 0 unspecified atom stereocenters. The molecule has 0 radical (unpaired) electrons. The average Bonchev–Trinajstić information content (AvgIpc) is 2.77. The lowest BCUT2D eigenvalue weighted by Crippen LogP contribution is -2.13. The molecule has 2 rings (SSSR count). The van der Waals surface area contributed by atoms with Gasteiger partial charge in [0.05, 0.1) is 5.69 Å². The van der Waals surface area contributed by atoms with Crippen LogP contribution in [-0.4, -0.2) is 19.5 Å². The maximum absolute atomic E-state index is 12.3. The van der Waals surface area contributed by atoms with Crippen molar-refractivity contribution >= 4 is 37.6 Å². The normalized spacial score (nSPS) is 11.4. The molecular weight excluding hydrogens is 362 g/mol. The Morgan fingerprint density at radius 2 is 1.95 bits per heavy atom. The molecule has 112 valence electrons. The highest BCUT2D eigenvalue weighted by Gasteiger charge is 2.24. The third-order valence-electron chi connectivity index (χ3n) is 2.74. The molecule has 0 amide bonds. The van der Waals surface area contributed by atoms with E-state index in [0.717, 1.165) is 11.6 Å². The summed E-state index contributed by atoms with van der Waals surface area (Å²) in [5, 5.41) is 8.84. The zero-order valence-corrected chi connectivity index (χ0v) is 13.6. The van der Waals surface area contributed by atoms with E-state index in [2.05, 4.69) is 20.7 Å². The summed E-state index contributed by atoms with van der Waals surface area (Å²) < 4.78 is 32.6. The number of sulfonamides is 1. The number of rotatable bonds is 4. The molecule has 0 bridgehead atoms. The van der Waals surface area contributed by atoms with Crippen molar-refractivity contribution in [2.45, 2.75) is 18.7 Å². The minimum absolute atomic E-state index is 0.0173. The number of nitrogens with one attached hydrogen (secondary N) is 1. The number of hydrogen-bond acceptors (Lipinski definition) is 4. The van der Waals surface area contributed by atoms with Crippen molar-refractivity contribution in [3.63, 3.8) is 0 Å². The lowest BCUT2D eigenvalue weighted by Gasteiger charge is -2.09. The second kappa shape index (κ2) is 5.53. The predicted octanol–water partition coefficient (Wildman–Crippen LogP) is 3.16. The van der Waals surface area contributed by atoms with Crippen molar-refractivity contribution in [3.8, 4) is 0 Å². The van der Waals surface area contributed by atoms with E-state index in [0.29, 0.717) is 10.2 Å². The van der Waals surface area contributed by atoms with Gasteiger partial charge in [0.25, 0.3) is 10.0 Å². The zero-order valence-electron chi connectivity index (χ0n) is 11.2. The van der Waals surface area contributed by atoms with Crippen molar-refractivity contribution < 1.29 is 22.7 Å². The maximum Gasteiger partial charge on any atom is 0.371 e. The van der Waals surface area contributed by atoms with E-state index < -0.39 is 21.8 Å². The average molecular weight is 374 g/mol. The van der Waals surface area contributed by atoms with Crippen molar-refractivity contribution in [3.05, 3.63) is 45.8 Å². The number of furan rings is 1. The Morgan fingerprint density at radius 1 is 1.29 bits per heavy atom.